The highest BCUT2D eigenvalue weighted by Gasteiger charge is 2.13. The predicted molar refractivity (Wildman–Crippen MR) is 94.2 cm³/mol. The number of hydrogen-bond acceptors (Lipinski definition) is 3. The number of carbonyl (C=O) groups excluding carboxylic acids is 1. The quantitative estimate of drug-likeness (QED) is 0.318. The maximum Gasteiger partial charge on any atom is 0.203 e. The molecule has 0 saturated heterocycles. The molecule has 0 radical (unpaired) electrons. The lowest BCUT2D eigenvalue weighted by molar-refractivity contribution is 0.104. The first-order chi connectivity index (χ1) is 11.2. The molecule has 0 bridgehead atoms. The fourth-order valence-corrected chi connectivity index (χ4v) is 2.34. The highest BCUT2D eigenvalue weighted by atomic mass is 79.9. The molecule has 0 amide bonds. The van der Waals surface area contributed by atoms with E-state index in [-0.39, 0.29) is 11.4 Å². The van der Waals surface area contributed by atoms with Gasteiger partial charge < -0.3 is 4.74 Å². The number of benzene rings is 2. The number of Topliss-reactive ketones (excluding diaryl/α,β-unsaturated/α-hetero) is 1. The fraction of sp³-hybridized carbons (Fsp3) is 0.0526. The smallest absolute Gasteiger partial charge is 0.203 e. The molecule has 0 unspecified atom stereocenters. The average molecular weight is 368 g/mol. The largest absolute Gasteiger partial charge is 0.489 e. The SMILES string of the molecule is C=CCOc1ccc(Br)cc1/C=C(\C#N)C(=O)c1ccccc1. The van der Waals surface area contributed by atoms with Crippen LogP contribution in [0.2, 0.25) is 0 Å². The van der Waals surface area contributed by atoms with E-state index in [0.29, 0.717) is 23.5 Å². The Bertz CT molecular complexity index is 789. The summed E-state index contributed by atoms with van der Waals surface area (Å²) in [5.74, 6) is 0.268. The molecule has 0 spiro atoms. The summed E-state index contributed by atoms with van der Waals surface area (Å²) in [4.78, 5) is 12.4. The van der Waals surface area contributed by atoms with E-state index >= 15 is 0 Å². The van der Waals surface area contributed by atoms with Gasteiger partial charge in [0.05, 0.1) is 0 Å². The molecule has 0 fully saturated rings. The van der Waals surface area contributed by atoms with Crippen LogP contribution >= 0.6 is 15.9 Å². The van der Waals surface area contributed by atoms with Crippen LogP contribution in [0.15, 0.2) is 71.2 Å². The van der Waals surface area contributed by atoms with E-state index in [2.05, 4.69) is 22.5 Å². The summed E-state index contributed by atoms with van der Waals surface area (Å²) in [6, 6.07) is 16.1. The van der Waals surface area contributed by atoms with Gasteiger partial charge in [-0.05, 0) is 24.3 Å². The number of carbonyl (C=O) groups is 1. The highest BCUT2D eigenvalue weighted by Crippen LogP contribution is 2.26. The van der Waals surface area contributed by atoms with Crippen molar-refractivity contribution in [1.29, 1.82) is 5.26 Å². The minimum atomic E-state index is -0.317. The number of ketones is 1. The molecule has 114 valence electrons. The summed E-state index contributed by atoms with van der Waals surface area (Å²) in [5, 5.41) is 9.35. The van der Waals surface area contributed by atoms with Crippen LogP contribution in [0.3, 0.4) is 0 Å². The lowest BCUT2D eigenvalue weighted by atomic mass is 10.0. The second-order valence-electron chi connectivity index (χ2n) is 4.65. The van der Waals surface area contributed by atoms with Crippen molar-refractivity contribution in [3.63, 3.8) is 0 Å². The standard InChI is InChI=1S/C19H14BrNO2/c1-2-10-23-18-9-8-17(20)12-15(18)11-16(13-21)19(22)14-6-4-3-5-7-14/h2-9,11-12H,1,10H2/b16-11+. The number of nitriles is 1. The van der Waals surface area contributed by atoms with Gasteiger partial charge in [-0.2, -0.15) is 5.26 Å². The van der Waals surface area contributed by atoms with Crippen LogP contribution in [0, 0.1) is 11.3 Å². The second-order valence-corrected chi connectivity index (χ2v) is 5.56. The van der Waals surface area contributed by atoms with Crippen molar-refractivity contribution in [3.8, 4) is 11.8 Å². The number of rotatable bonds is 6. The number of allylic oxidation sites excluding steroid dienone is 1. The molecule has 0 N–H and O–H groups in total. The Balaban J connectivity index is 2.42. The zero-order chi connectivity index (χ0) is 16.7. The zero-order valence-corrected chi connectivity index (χ0v) is 13.9. The van der Waals surface area contributed by atoms with E-state index in [0.717, 1.165) is 4.47 Å². The molecular formula is C19H14BrNO2. The molecule has 0 aliphatic rings. The third kappa shape index (κ3) is 4.41. The molecule has 0 aliphatic heterocycles. The van der Waals surface area contributed by atoms with Gasteiger partial charge in [0.15, 0.2) is 0 Å². The Hall–Kier alpha value is -2.64. The topological polar surface area (TPSA) is 50.1 Å². The van der Waals surface area contributed by atoms with Gasteiger partial charge in [-0.1, -0.05) is 58.9 Å². The first-order valence-corrected chi connectivity index (χ1v) is 7.70. The molecule has 0 aliphatic carbocycles. The van der Waals surface area contributed by atoms with E-state index in [1.165, 1.54) is 0 Å². The fourth-order valence-electron chi connectivity index (χ4n) is 1.96. The first-order valence-electron chi connectivity index (χ1n) is 6.90. The Morgan fingerprint density at radius 2 is 2.00 bits per heavy atom. The van der Waals surface area contributed by atoms with Crippen LogP contribution in [0.4, 0.5) is 0 Å². The Labute approximate surface area is 143 Å². The molecule has 23 heavy (non-hydrogen) atoms. The zero-order valence-electron chi connectivity index (χ0n) is 12.3. The average Bonchev–Trinajstić information content (AvgIpc) is 2.59. The Kier molecular flexibility index (Phi) is 5.90. The van der Waals surface area contributed by atoms with Crippen molar-refractivity contribution in [2.75, 3.05) is 6.61 Å². The van der Waals surface area contributed by atoms with Gasteiger partial charge in [-0.15, -0.1) is 0 Å². The minimum Gasteiger partial charge on any atom is -0.489 e. The van der Waals surface area contributed by atoms with Crippen molar-refractivity contribution >= 4 is 27.8 Å². The molecule has 0 saturated carbocycles. The number of ether oxygens (including phenoxy) is 1. The van der Waals surface area contributed by atoms with Crippen molar-refractivity contribution < 1.29 is 9.53 Å². The van der Waals surface area contributed by atoms with Crippen LogP contribution in [0.1, 0.15) is 15.9 Å². The van der Waals surface area contributed by atoms with Gasteiger partial charge >= 0.3 is 0 Å². The normalized spacial score (nSPS) is 10.7. The Morgan fingerprint density at radius 3 is 2.65 bits per heavy atom. The summed E-state index contributed by atoms with van der Waals surface area (Å²) in [6.45, 7) is 3.96. The second kappa shape index (κ2) is 8.11. The van der Waals surface area contributed by atoms with Crippen molar-refractivity contribution in [2.24, 2.45) is 0 Å². The van der Waals surface area contributed by atoms with E-state index in [1.54, 1.807) is 48.6 Å². The molecule has 2 aromatic rings. The molecule has 3 nitrogen and oxygen atoms in total. The van der Waals surface area contributed by atoms with Crippen molar-refractivity contribution in [1.82, 2.24) is 0 Å². The van der Waals surface area contributed by atoms with Crippen molar-refractivity contribution in [3.05, 3.63) is 82.4 Å². The molecule has 2 rings (SSSR count). The van der Waals surface area contributed by atoms with E-state index in [1.807, 2.05) is 18.2 Å². The predicted octanol–water partition coefficient (Wildman–Crippen LogP) is 4.80. The third-order valence-electron chi connectivity index (χ3n) is 3.03. The van der Waals surface area contributed by atoms with Crippen LogP contribution < -0.4 is 4.74 Å². The first kappa shape index (κ1) is 16.7. The molecule has 0 heterocycles. The van der Waals surface area contributed by atoms with Crippen molar-refractivity contribution in [2.45, 2.75) is 0 Å². The van der Waals surface area contributed by atoms with Gasteiger partial charge in [0.25, 0.3) is 0 Å². The summed E-state index contributed by atoms with van der Waals surface area (Å²) in [6.07, 6.45) is 3.17. The molecule has 2 aromatic carbocycles. The van der Waals surface area contributed by atoms with Gasteiger partial charge in [-0.25, -0.2) is 0 Å². The number of nitrogens with zero attached hydrogens (tertiary/aromatic N) is 1. The van der Waals surface area contributed by atoms with Crippen LogP contribution in [0.5, 0.6) is 5.75 Å². The maximum absolute atomic E-state index is 12.4. The Morgan fingerprint density at radius 1 is 1.26 bits per heavy atom. The summed E-state index contributed by atoms with van der Waals surface area (Å²) in [7, 11) is 0. The van der Waals surface area contributed by atoms with Crippen LogP contribution in [-0.4, -0.2) is 12.4 Å². The maximum atomic E-state index is 12.4. The van der Waals surface area contributed by atoms with Gasteiger partial charge in [0, 0.05) is 15.6 Å². The van der Waals surface area contributed by atoms with Gasteiger partial charge in [-0.3, -0.25) is 4.79 Å². The molecule has 0 aromatic heterocycles. The minimum absolute atomic E-state index is 0.0535. The summed E-state index contributed by atoms with van der Waals surface area (Å²) in [5.41, 5.74) is 1.18. The number of halogens is 1. The van der Waals surface area contributed by atoms with Crippen LogP contribution in [-0.2, 0) is 0 Å². The van der Waals surface area contributed by atoms with Gasteiger partial charge in [0.1, 0.15) is 24.0 Å². The van der Waals surface area contributed by atoms with Crippen LogP contribution in [0.25, 0.3) is 6.08 Å². The lowest BCUT2D eigenvalue weighted by Gasteiger charge is -2.08. The third-order valence-corrected chi connectivity index (χ3v) is 3.52. The monoisotopic (exact) mass is 367 g/mol. The lowest BCUT2D eigenvalue weighted by Crippen LogP contribution is -2.02. The molecule has 4 heteroatoms. The van der Waals surface area contributed by atoms with Gasteiger partial charge in [0.2, 0.25) is 5.78 Å². The highest BCUT2D eigenvalue weighted by molar-refractivity contribution is 9.10. The summed E-state index contributed by atoms with van der Waals surface area (Å²) >= 11 is 3.39. The molecule has 0 atom stereocenters. The number of hydrogen-bond donors (Lipinski definition) is 0. The van der Waals surface area contributed by atoms with E-state index in [4.69, 9.17) is 4.74 Å². The molecular weight excluding hydrogens is 354 g/mol. The van der Waals surface area contributed by atoms with E-state index in [9.17, 15) is 10.1 Å². The summed E-state index contributed by atoms with van der Waals surface area (Å²) < 4.78 is 6.40. The van der Waals surface area contributed by atoms with E-state index < -0.39 is 0 Å².